The second kappa shape index (κ2) is 16.7. The van der Waals surface area contributed by atoms with Crippen LogP contribution in [0.5, 0.6) is 0 Å². The van der Waals surface area contributed by atoms with Gasteiger partial charge in [-0.05, 0) is 43.6 Å². The van der Waals surface area contributed by atoms with Crippen LogP contribution in [0.4, 0.5) is 0 Å². The summed E-state index contributed by atoms with van der Waals surface area (Å²) in [5, 5.41) is 12.5. The average Bonchev–Trinajstić information content (AvgIpc) is 3.42. The fraction of sp³-hybridized carbons (Fsp3) is 0.719. The van der Waals surface area contributed by atoms with Crippen molar-refractivity contribution in [2.24, 2.45) is 17.8 Å². The molecule has 1 aliphatic rings. The molecule has 7 atom stereocenters. The number of rotatable bonds is 17. The second-order valence-corrected chi connectivity index (χ2v) is 11.5. The summed E-state index contributed by atoms with van der Waals surface area (Å²) in [6.07, 6.45) is 5.63. The summed E-state index contributed by atoms with van der Waals surface area (Å²) in [4.78, 5) is 40.7. The van der Waals surface area contributed by atoms with Gasteiger partial charge in [0.2, 0.25) is 11.8 Å². The van der Waals surface area contributed by atoms with Crippen LogP contribution in [0.15, 0.2) is 24.3 Å². The summed E-state index contributed by atoms with van der Waals surface area (Å²) < 4.78 is 11.7. The maximum Gasteiger partial charge on any atom is 0.326 e. The number of methoxy groups -OCH3 is 2. The van der Waals surface area contributed by atoms with Gasteiger partial charge in [0.05, 0.1) is 30.6 Å². The molecule has 1 saturated heterocycles. The zero-order chi connectivity index (χ0) is 29.8. The number of carboxylic acid groups (broad SMARTS) is 1. The highest BCUT2D eigenvalue weighted by molar-refractivity contribution is 5.85. The average molecular weight is 561 g/mol. The molecule has 8 nitrogen and oxygen atoms in total. The van der Waals surface area contributed by atoms with Crippen LogP contribution in [0.2, 0.25) is 0 Å². The second-order valence-electron chi connectivity index (χ2n) is 11.5. The number of carboxylic acids is 1. The number of ether oxygens (including phenoxy) is 2. The topological polar surface area (TPSA) is 105 Å². The molecule has 1 fully saturated rings. The van der Waals surface area contributed by atoms with E-state index in [0.717, 1.165) is 49.7 Å². The van der Waals surface area contributed by atoms with Crippen LogP contribution in [-0.2, 0) is 30.3 Å². The summed E-state index contributed by atoms with van der Waals surface area (Å²) in [5.41, 5.74) is 1.92. The predicted octanol–water partition coefficient (Wildman–Crippen LogP) is 5.01. The quantitative estimate of drug-likeness (QED) is 0.278. The van der Waals surface area contributed by atoms with Crippen LogP contribution in [0.25, 0.3) is 0 Å². The summed E-state index contributed by atoms with van der Waals surface area (Å²) in [6.45, 7) is 10.9. The molecule has 1 aliphatic heterocycles. The Morgan fingerprint density at radius 2 is 1.77 bits per heavy atom. The minimum atomic E-state index is -1.09. The third-order valence-corrected chi connectivity index (χ3v) is 8.77. The molecule has 2 amide bonds. The van der Waals surface area contributed by atoms with E-state index >= 15 is 0 Å². The summed E-state index contributed by atoms with van der Waals surface area (Å²) in [5.74, 6) is -1.33. The lowest BCUT2D eigenvalue weighted by Gasteiger charge is -2.36. The minimum Gasteiger partial charge on any atom is -0.480 e. The highest BCUT2D eigenvalue weighted by atomic mass is 16.5. The molecule has 0 saturated carbocycles. The number of nitrogens with one attached hydrogen (secondary N) is 1. The third kappa shape index (κ3) is 9.30. The van der Waals surface area contributed by atoms with Crippen molar-refractivity contribution >= 4 is 17.8 Å². The number of carbonyl (C=O) groups is 3. The van der Waals surface area contributed by atoms with Crippen molar-refractivity contribution in [1.82, 2.24) is 10.2 Å². The zero-order valence-electron chi connectivity index (χ0n) is 25.7. The number of carbonyl (C=O) groups excluding carboxylic acids is 2. The molecule has 2 N–H and O–H groups in total. The van der Waals surface area contributed by atoms with Crippen LogP contribution >= 0.6 is 0 Å². The Balaban J connectivity index is 2.12. The van der Waals surface area contributed by atoms with Crippen LogP contribution < -0.4 is 5.32 Å². The molecule has 226 valence electrons. The van der Waals surface area contributed by atoms with E-state index < -0.39 is 29.9 Å². The molecule has 0 bridgehead atoms. The molecular weight excluding hydrogens is 508 g/mol. The van der Waals surface area contributed by atoms with Crippen molar-refractivity contribution in [3.8, 4) is 0 Å². The van der Waals surface area contributed by atoms with Gasteiger partial charge < -0.3 is 24.8 Å². The smallest absolute Gasteiger partial charge is 0.326 e. The van der Waals surface area contributed by atoms with Crippen LogP contribution in [0, 0.1) is 24.7 Å². The first-order valence-corrected chi connectivity index (χ1v) is 15.0. The van der Waals surface area contributed by atoms with Gasteiger partial charge in [-0.3, -0.25) is 9.59 Å². The molecule has 8 heteroatoms. The van der Waals surface area contributed by atoms with Gasteiger partial charge in [-0.1, -0.05) is 76.8 Å². The van der Waals surface area contributed by atoms with Crippen molar-refractivity contribution in [2.75, 3.05) is 20.8 Å². The van der Waals surface area contributed by atoms with Gasteiger partial charge >= 0.3 is 5.97 Å². The Kier molecular flexibility index (Phi) is 14.1. The van der Waals surface area contributed by atoms with E-state index in [1.807, 2.05) is 36.1 Å². The number of unbranched alkanes of at least 4 members (excludes halogenated alkanes) is 1. The van der Waals surface area contributed by atoms with Crippen molar-refractivity contribution in [3.05, 3.63) is 35.4 Å². The SMILES string of the molecule is CCCC[C@@H]([C@@H](C)CC)[C@@H](CC(=O)N1CCC[C@H]1[C@H](OC)[C@@H](C)C(=O)N[C@@H](Cc1ccc(C)cc1)C(=O)O)OC. The van der Waals surface area contributed by atoms with Gasteiger partial charge in [0.25, 0.3) is 0 Å². The first-order chi connectivity index (χ1) is 19.1. The summed E-state index contributed by atoms with van der Waals surface area (Å²) >= 11 is 0. The monoisotopic (exact) mass is 560 g/mol. The maximum absolute atomic E-state index is 13.6. The standard InChI is InChI=1S/C32H52N2O6/c1-8-10-12-25(22(4)9-2)28(39-6)20-29(35)34-18-11-13-27(34)30(40-7)23(5)31(36)33-26(32(37)38)19-24-16-14-21(3)15-17-24/h14-17,22-23,25-28,30H,8-13,18-20H2,1-7H3,(H,33,36)(H,37,38)/t22-,23+,25-,26-,27-,28+,30+/m0/s1. The molecular formula is C32H52N2O6. The Morgan fingerprint density at radius 1 is 1.10 bits per heavy atom. The van der Waals surface area contributed by atoms with E-state index in [1.54, 1.807) is 21.1 Å². The highest BCUT2D eigenvalue weighted by Crippen LogP contribution is 2.31. The van der Waals surface area contributed by atoms with E-state index in [9.17, 15) is 19.5 Å². The molecule has 0 spiro atoms. The van der Waals surface area contributed by atoms with E-state index in [1.165, 1.54) is 0 Å². The first-order valence-electron chi connectivity index (χ1n) is 15.0. The van der Waals surface area contributed by atoms with E-state index in [4.69, 9.17) is 9.47 Å². The van der Waals surface area contributed by atoms with E-state index in [2.05, 4.69) is 26.1 Å². The molecule has 1 aromatic rings. The first kappa shape index (κ1) is 33.8. The number of aliphatic carboxylic acids is 1. The van der Waals surface area contributed by atoms with Gasteiger partial charge in [0, 0.05) is 27.2 Å². The molecule has 0 aromatic heterocycles. The summed E-state index contributed by atoms with van der Waals surface area (Å²) in [6, 6.07) is 6.29. The number of amides is 2. The van der Waals surface area contributed by atoms with Crippen LogP contribution in [0.1, 0.15) is 83.8 Å². The predicted molar refractivity (Wildman–Crippen MR) is 157 cm³/mol. The van der Waals surface area contributed by atoms with Gasteiger partial charge in [-0.15, -0.1) is 0 Å². The minimum absolute atomic E-state index is 0.0246. The molecule has 2 rings (SSSR count). The largest absolute Gasteiger partial charge is 0.480 e. The van der Waals surface area contributed by atoms with Crippen molar-refractivity contribution in [3.63, 3.8) is 0 Å². The third-order valence-electron chi connectivity index (χ3n) is 8.77. The Hall–Kier alpha value is -2.45. The number of hydrogen-bond donors (Lipinski definition) is 2. The molecule has 40 heavy (non-hydrogen) atoms. The number of aryl methyl sites for hydroxylation is 1. The van der Waals surface area contributed by atoms with Crippen LogP contribution in [-0.4, -0.2) is 72.8 Å². The lowest BCUT2D eigenvalue weighted by atomic mass is 9.81. The van der Waals surface area contributed by atoms with Gasteiger partial charge in [0.15, 0.2) is 0 Å². The Morgan fingerprint density at radius 3 is 2.33 bits per heavy atom. The number of benzene rings is 1. The Labute approximate surface area is 241 Å². The fourth-order valence-electron chi connectivity index (χ4n) is 6.03. The molecule has 1 heterocycles. The number of likely N-dealkylation sites (tertiary alicyclic amines) is 1. The molecule has 1 aromatic carbocycles. The van der Waals surface area contributed by atoms with Crippen LogP contribution in [0.3, 0.4) is 0 Å². The fourth-order valence-corrected chi connectivity index (χ4v) is 6.03. The summed E-state index contributed by atoms with van der Waals surface area (Å²) in [7, 11) is 3.25. The lowest BCUT2D eigenvalue weighted by Crippen LogP contribution is -2.52. The van der Waals surface area contributed by atoms with Gasteiger partial charge in [0.1, 0.15) is 6.04 Å². The van der Waals surface area contributed by atoms with E-state index in [0.29, 0.717) is 24.8 Å². The number of hydrogen-bond acceptors (Lipinski definition) is 5. The van der Waals surface area contributed by atoms with E-state index in [-0.39, 0.29) is 24.5 Å². The van der Waals surface area contributed by atoms with Crippen molar-refractivity contribution < 1.29 is 29.0 Å². The molecule has 0 radical (unpaired) electrons. The molecule has 0 aliphatic carbocycles. The van der Waals surface area contributed by atoms with Gasteiger partial charge in [-0.25, -0.2) is 4.79 Å². The Bertz CT molecular complexity index is 936. The number of nitrogens with zero attached hydrogens (tertiary/aromatic N) is 1. The normalized spacial score (nSPS) is 19.9. The highest BCUT2D eigenvalue weighted by Gasteiger charge is 2.41. The van der Waals surface area contributed by atoms with Crippen molar-refractivity contribution in [1.29, 1.82) is 0 Å². The van der Waals surface area contributed by atoms with Crippen molar-refractivity contribution in [2.45, 2.75) is 110 Å². The maximum atomic E-state index is 13.6. The zero-order valence-corrected chi connectivity index (χ0v) is 25.7. The van der Waals surface area contributed by atoms with Gasteiger partial charge in [-0.2, -0.15) is 0 Å². The molecule has 0 unspecified atom stereocenters. The lowest BCUT2D eigenvalue weighted by molar-refractivity contribution is -0.145.